The number of benzene rings is 2. The minimum Gasteiger partial charge on any atom is -0.467 e. The highest BCUT2D eigenvalue weighted by Gasteiger charge is 2.27. The lowest BCUT2D eigenvalue weighted by Gasteiger charge is -2.21. The van der Waals surface area contributed by atoms with Crippen LogP contribution in [0.1, 0.15) is 30.6 Å². The Kier molecular flexibility index (Phi) is 6.72. The molecule has 0 heterocycles. The predicted molar refractivity (Wildman–Crippen MR) is 97.6 cm³/mol. The highest BCUT2D eigenvalue weighted by atomic mass is 16.5. The Hall–Kier alpha value is -2.89. The summed E-state index contributed by atoms with van der Waals surface area (Å²) in [7, 11) is 1.27. The Morgan fingerprint density at radius 1 is 1.08 bits per heavy atom. The third-order valence-electron chi connectivity index (χ3n) is 4.30. The van der Waals surface area contributed by atoms with E-state index in [0.717, 1.165) is 10.8 Å². The molecule has 0 fully saturated rings. The summed E-state index contributed by atoms with van der Waals surface area (Å²) in [5.74, 6) is -1.75. The van der Waals surface area contributed by atoms with E-state index in [1.165, 1.54) is 7.11 Å². The van der Waals surface area contributed by atoms with Crippen LogP contribution in [0.4, 0.5) is 0 Å². The molecule has 2 atom stereocenters. The summed E-state index contributed by atoms with van der Waals surface area (Å²) in [5.41, 5.74) is 0.364. The van der Waals surface area contributed by atoms with E-state index in [1.807, 2.05) is 44.2 Å². The van der Waals surface area contributed by atoms with Crippen molar-refractivity contribution in [2.45, 2.75) is 26.3 Å². The molecular formula is C20H23NO5. The summed E-state index contributed by atoms with van der Waals surface area (Å²) in [4.78, 5) is 36.0. The van der Waals surface area contributed by atoms with Crippen LogP contribution < -0.4 is 5.32 Å². The number of carbonyl (C=O) groups excluding carboxylic acids is 3. The molecule has 1 amide bonds. The number of hydrogen-bond acceptors (Lipinski definition) is 5. The van der Waals surface area contributed by atoms with Crippen molar-refractivity contribution in [3.8, 4) is 0 Å². The Labute approximate surface area is 152 Å². The SMILES string of the molecule is CCC(C)C(NC(=O)COC(=O)c1ccc2ccccc2c1)C(=O)OC. The van der Waals surface area contributed by atoms with Gasteiger partial charge in [-0.3, -0.25) is 4.79 Å². The molecule has 0 saturated carbocycles. The number of hydrogen-bond donors (Lipinski definition) is 1. The van der Waals surface area contributed by atoms with Gasteiger partial charge in [0.2, 0.25) is 0 Å². The molecule has 0 bridgehead atoms. The zero-order valence-electron chi connectivity index (χ0n) is 15.2. The largest absolute Gasteiger partial charge is 0.467 e. The van der Waals surface area contributed by atoms with E-state index in [1.54, 1.807) is 12.1 Å². The van der Waals surface area contributed by atoms with Crippen LogP contribution in [0.15, 0.2) is 42.5 Å². The van der Waals surface area contributed by atoms with E-state index in [0.29, 0.717) is 12.0 Å². The van der Waals surface area contributed by atoms with Gasteiger partial charge in [0.05, 0.1) is 12.7 Å². The molecule has 2 aromatic carbocycles. The molecule has 0 aliphatic heterocycles. The van der Waals surface area contributed by atoms with Crippen molar-refractivity contribution in [3.05, 3.63) is 48.0 Å². The molecule has 2 aromatic rings. The van der Waals surface area contributed by atoms with Gasteiger partial charge >= 0.3 is 11.9 Å². The normalized spacial score (nSPS) is 12.9. The van der Waals surface area contributed by atoms with E-state index in [9.17, 15) is 14.4 Å². The van der Waals surface area contributed by atoms with Gasteiger partial charge < -0.3 is 14.8 Å². The second-order valence-corrected chi connectivity index (χ2v) is 6.09. The third-order valence-corrected chi connectivity index (χ3v) is 4.30. The Balaban J connectivity index is 1.96. The monoisotopic (exact) mass is 357 g/mol. The van der Waals surface area contributed by atoms with E-state index in [4.69, 9.17) is 9.47 Å². The van der Waals surface area contributed by atoms with Gasteiger partial charge in [0.15, 0.2) is 6.61 Å². The quantitative estimate of drug-likeness (QED) is 0.771. The summed E-state index contributed by atoms with van der Waals surface area (Å²) >= 11 is 0. The van der Waals surface area contributed by atoms with E-state index >= 15 is 0 Å². The maximum atomic E-state index is 12.2. The topological polar surface area (TPSA) is 81.7 Å². The molecule has 6 heteroatoms. The van der Waals surface area contributed by atoms with Crippen LogP contribution in [0.5, 0.6) is 0 Å². The van der Waals surface area contributed by atoms with Gasteiger partial charge in [0, 0.05) is 0 Å². The third kappa shape index (κ3) is 4.81. The van der Waals surface area contributed by atoms with E-state index in [-0.39, 0.29) is 5.92 Å². The first-order valence-corrected chi connectivity index (χ1v) is 8.49. The van der Waals surface area contributed by atoms with Crippen LogP contribution >= 0.6 is 0 Å². The number of ether oxygens (including phenoxy) is 2. The minimum atomic E-state index is -0.767. The van der Waals surface area contributed by atoms with Crippen molar-refractivity contribution in [1.82, 2.24) is 5.32 Å². The molecule has 6 nitrogen and oxygen atoms in total. The molecule has 2 unspecified atom stereocenters. The number of amides is 1. The van der Waals surface area contributed by atoms with Crippen LogP contribution in [0.3, 0.4) is 0 Å². The molecule has 1 N–H and O–H groups in total. The predicted octanol–water partition coefficient (Wildman–Crippen LogP) is 2.70. The molecule has 0 radical (unpaired) electrons. The van der Waals surface area contributed by atoms with Gasteiger partial charge in [-0.1, -0.05) is 50.6 Å². The van der Waals surface area contributed by atoms with Gasteiger partial charge in [0.25, 0.3) is 5.91 Å². The first-order valence-electron chi connectivity index (χ1n) is 8.49. The van der Waals surface area contributed by atoms with Crippen LogP contribution in [0, 0.1) is 5.92 Å². The zero-order chi connectivity index (χ0) is 19.1. The Bertz CT molecular complexity index is 802. The number of esters is 2. The standard InChI is InChI=1S/C20H23NO5/c1-4-13(2)18(20(24)25-3)21-17(22)12-26-19(23)16-10-9-14-7-5-6-8-15(14)11-16/h5-11,13,18H,4,12H2,1-3H3,(H,21,22). The average molecular weight is 357 g/mol. The van der Waals surface area contributed by atoms with Gasteiger partial charge in [-0.25, -0.2) is 9.59 Å². The fraction of sp³-hybridized carbons (Fsp3) is 0.350. The minimum absolute atomic E-state index is 0.0948. The van der Waals surface area contributed by atoms with E-state index in [2.05, 4.69) is 5.32 Å². The van der Waals surface area contributed by atoms with Gasteiger partial charge in [0.1, 0.15) is 6.04 Å². The fourth-order valence-electron chi connectivity index (χ4n) is 2.54. The van der Waals surface area contributed by atoms with Gasteiger partial charge in [-0.15, -0.1) is 0 Å². The number of methoxy groups -OCH3 is 1. The lowest BCUT2D eigenvalue weighted by Crippen LogP contribution is -2.47. The lowest BCUT2D eigenvalue weighted by molar-refractivity contribution is -0.147. The van der Waals surface area contributed by atoms with Crippen molar-refractivity contribution >= 4 is 28.6 Å². The molecule has 2 rings (SSSR count). The highest BCUT2D eigenvalue weighted by Crippen LogP contribution is 2.16. The maximum Gasteiger partial charge on any atom is 0.338 e. The first kappa shape index (κ1) is 19.4. The smallest absolute Gasteiger partial charge is 0.338 e. The van der Waals surface area contributed by atoms with Crippen LogP contribution in [0.25, 0.3) is 10.8 Å². The number of carbonyl (C=O) groups is 3. The van der Waals surface area contributed by atoms with Crippen LogP contribution in [-0.2, 0) is 19.1 Å². The van der Waals surface area contributed by atoms with Crippen LogP contribution in [-0.4, -0.2) is 37.6 Å². The molecule has 0 aromatic heterocycles. The highest BCUT2D eigenvalue weighted by molar-refractivity contribution is 5.96. The molecule has 0 aliphatic rings. The molecule has 138 valence electrons. The summed E-state index contributed by atoms with van der Waals surface area (Å²) in [5, 5.41) is 4.49. The van der Waals surface area contributed by atoms with Crippen molar-refractivity contribution in [1.29, 1.82) is 0 Å². The lowest BCUT2D eigenvalue weighted by atomic mass is 9.99. The molecular weight excluding hydrogens is 334 g/mol. The maximum absolute atomic E-state index is 12.2. The van der Waals surface area contributed by atoms with Crippen molar-refractivity contribution in [2.24, 2.45) is 5.92 Å². The average Bonchev–Trinajstić information content (AvgIpc) is 2.68. The van der Waals surface area contributed by atoms with Crippen molar-refractivity contribution in [2.75, 3.05) is 13.7 Å². The van der Waals surface area contributed by atoms with Crippen molar-refractivity contribution in [3.63, 3.8) is 0 Å². The second-order valence-electron chi connectivity index (χ2n) is 6.09. The fourth-order valence-corrected chi connectivity index (χ4v) is 2.54. The number of rotatable bonds is 7. The van der Waals surface area contributed by atoms with Crippen molar-refractivity contribution < 1.29 is 23.9 Å². The summed E-state index contributed by atoms with van der Waals surface area (Å²) in [6.45, 7) is 3.28. The Morgan fingerprint density at radius 2 is 1.77 bits per heavy atom. The Morgan fingerprint density at radius 3 is 2.42 bits per heavy atom. The summed E-state index contributed by atoms with van der Waals surface area (Å²) in [6.07, 6.45) is 0.691. The second kappa shape index (κ2) is 8.99. The zero-order valence-corrected chi connectivity index (χ0v) is 15.2. The molecule has 0 saturated heterocycles. The van der Waals surface area contributed by atoms with Gasteiger partial charge in [-0.2, -0.15) is 0 Å². The van der Waals surface area contributed by atoms with Gasteiger partial charge in [-0.05, 0) is 28.8 Å². The molecule has 0 spiro atoms. The number of fused-ring (bicyclic) bond motifs is 1. The molecule has 26 heavy (non-hydrogen) atoms. The summed E-state index contributed by atoms with van der Waals surface area (Å²) < 4.78 is 9.77. The number of nitrogens with one attached hydrogen (secondary N) is 1. The molecule has 0 aliphatic carbocycles. The first-order chi connectivity index (χ1) is 12.5. The summed E-state index contributed by atoms with van der Waals surface area (Å²) in [6, 6.07) is 12.1. The van der Waals surface area contributed by atoms with Crippen LogP contribution in [0.2, 0.25) is 0 Å². The van der Waals surface area contributed by atoms with E-state index < -0.39 is 30.5 Å².